The standard InChI is InChI=1S/C18H39N3S/c1-4-6-8-10-12-14-16-21-18(22-17(3)19)20-15-13-11-9-7-5-2/h17H,4-16,19H2,1-3H3,(H,20,21). The molecule has 0 amide bonds. The van der Waals surface area contributed by atoms with E-state index in [4.69, 9.17) is 10.7 Å². The van der Waals surface area contributed by atoms with Gasteiger partial charge in [-0.15, -0.1) is 0 Å². The van der Waals surface area contributed by atoms with E-state index in [1.54, 1.807) is 11.8 Å². The molecule has 132 valence electrons. The second kappa shape index (κ2) is 17.1. The van der Waals surface area contributed by atoms with Crippen LogP contribution in [0.25, 0.3) is 0 Å². The fraction of sp³-hybridized carbons (Fsp3) is 0.944. The van der Waals surface area contributed by atoms with Crippen molar-refractivity contribution in [3.63, 3.8) is 0 Å². The summed E-state index contributed by atoms with van der Waals surface area (Å²) in [6.45, 7) is 8.50. The Morgan fingerprint density at radius 2 is 1.45 bits per heavy atom. The van der Waals surface area contributed by atoms with Crippen molar-refractivity contribution in [3.8, 4) is 0 Å². The van der Waals surface area contributed by atoms with Crippen LogP contribution >= 0.6 is 11.8 Å². The minimum absolute atomic E-state index is 0.107. The number of nitrogens with one attached hydrogen (secondary N) is 1. The summed E-state index contributed by atoms with van der Waals surface area (Å²) in [4.78, 5) is 4.70. The van der Waals surface area contributed by atoms with Crippen molar-refractivity contribution in [2.75, 3.05) is 13.1 Å². The number of amidine groups is 1. The molecule has 1 unspecified atom stereocenters. The number of unbranched alkanes of at least 4 members (excludes halogenated alkanes) is 9. The van der Waals surface area contributed by atoms with E-state index in [9.17, 15) is 0 Å². The number of nitrogens with zero attached hydrogens (tertiary/aromatic N) is 1. The molecule has 0 aromatic heterocycles. The fourth-order valence-electron chi connectivity index (χ4n) is 2.31. The zero-order valence-electron chi connectivity index (χ0n) is 15.2. The van der Waals surface area contributed by atoms with Crippen LogP contribution in [0.15, 0.2) is 4.99 Å². The Labute approximate surface area is 143 Å². The first kappa shape index (κ1) is 21.8. The van der Waals surface area contributed by atoms with Crippen LogP contribution in [0.2, 0.25) is 0 Å². The predicted octanol–water partition coefficient (Wildman–Crippen LogP) is 5.30. The van der Waals surface area contributed by atoms with Crippen molar-refractivity contribution in [3.05, 3.63) is 0 Å². The number of hydrogen-bond donors (Lipinski definition) is 2. The Balaban J connectivity index is 3.77. The molecular weight excluding hydrogens is 290 g/mol. The Hall–Kier alpha value is -0.220. The topological polar surface area (TPSA) is 50.4 Å². The third-order valence-electron chi connectivity index (χ3n) is 3.62. The van der Waals surface area contributed by atoms with Gasteiger partial charge in [0.15, 0.2) is 5.17 Å². The van der Waals surface area contributed by atoms with Gasteiger partial charge in [0, 0.05) is 13.1 Å². The Bertz CT molecular complexity index is 255. The third-order valence-corrected chi connectivity index (χ3v) is 4.49. The number of hydrogen-bond acceptors (Lipinski definition) is 3. The number of nitrogens with two attached hydrogens (primary N) is 1. The number of aliphatic imine (C=N–C) groups is 1. The first-order chi connectivity index (χ1) is 10.7. The summed E-state index contributed by atoms with van der Waals surface area (Å²) in [5.41, 5.74) is 5.89. The molecule has 0 aliphatic carbocycles. The first-order valence-corrected chi connectivity index (χ1v) is 10.3. The summed E-state index contributed by atoms with van der Waals surface area (Å²) in [6.07, 6.45) is 14.5. The molecule has 1 atom stereocenters. The zero-order valence-corrected chi connectivity index (χ0v) is 16.0. The van der Waals surface area contributed by atoms with Gasteiger partial charge >= 0.3 is 0 Å². The highest BCUT2D eigenvalue weighted by atomic mass is 32.2. The Morgan fingerprint density at radius 1 is 0.909 bits per heavy atom. The van der Waals surface area contributed by atoms with Gasteiger partial charge in [-0.05, 0) is 19.8 Å². The van der Waals surface area contributed by atoms with E-state index < -0.39 is 0 Å². The van der Waals surface area contributed by atoms with Crippen molar-refractivity contribution >= 4 is 16.9 Å². The lowest BCUT2D eigenvalue weighted by atomic mass is 10.1. The molecule has 0 saturated heterocycles. The van der Waals surface area contributed by atoms with Gasteiger partial charge in [0.2, 0.25) is 0 Å². The smallest absolute Gasteiger partial charge is 0.158 e. The molecule has 3 N–H and O–H groups in total. The van der Waals surface area contributed by atoms with Gasteiger partial charge in [0.05, 0.1) is 5.37 Å². The van der Waals surface area contributed by atoms with E-state index >= 15 is 0 Å². The van der Waals surface area contributed by atoms with Crippen LogP contribution in [0, 0.1) is 0 Å². The van der Waals surface area contributed by atoms with Crippen molar-refractivity contribution in [1.29, 1.82) is 0 Å². The highest BCUT2D eigenvalue weighted by molar-refractivity contribution is 8.14. The van der Waals surface area contributed by atoms with E-state index in [0.717, 1.165) is 18.3 Å². The molecule has 0 aromatic carbocycles. The van der Waals surface area contributed by atoms with Gasteiger partial charge < -0.3 is 11.1 Å². The highest BCUT2D eigenvalue weighted by Crippen LogP contribution is 2.09. The van der Waals surface area contributed by atoms with E-state index in [1.165, 1.54) is 70.6 Å². The van der Waals surface area contributed by atoms with Gasteiger partial charge in [-0.25, -0.2) is 0 Å². The average Bonchev–Trinajstić information content (AvgIpc) is 2.49. The quantitative estimate of drug-likeness (QED) is 0.197. The maximum atomic E-state index is 5.89. The summed E-state index contributed by atoms with van der Waals surface area (Å²) >= 11 is 1.66. The summed E-state index contributed by atoms with van der Waals surface area (Å²) in [5.74, 6) is 0. The van der Waals surface area contributed by atoms with E-state index in [0.29, 0.717) is 0 Å². The minimum atomic E-state index is 0.107. The van der Waals surface area contributed by atoms with Crippen molar-refractivity contribution < 1.29 is 0 Å². The maximum Gasteiger partial charge on any atom is 0.158 e. The van der Waals surface area contributed by atoms with Crippen molar-refractivity contribution in [2.24, 2.45) is 10.7 Å². The molecule has 0 saturated carbocycles. The van der Waals surface area contributed by atoms with Gasteiger partial charge in [0.1, 0.15) is 0 Å². The van der Waals surface area contributed by atoms with Crippen LogP contribution < -0.4 is 11.1 Å². The molecule has 0 heterocycles. The molecule has 0 radical (unpaired) electrons. The van der Waals surface area contributed by atoms with E-state index in [2.05, 4.69) is 19.2 Å². The molecule has 3 nitrogen and oxygen atoms in total. The van der Waals surface area contributed by atoms with Crippen LogP contribution in [0.4, 0.5) is 0 Å². The fourth-order valence-corrected chi connectivity index (χ4v) is 3.01. The summed E-state index contributed by atoms with van der Waals surface area (Å²) < 4.78 is 0. The molecular formula is C18H39N3S. The molecule has 0 aliphatic rings. The number of thioether (sulfide) groups is 1. The van der Waals surface area contributed by atoms with Crippen LogP contribution in [0.5, 0.6) is 0 Å². The second-order valence-electron chi connectivity index (χ2n) is 6.12. The maximum absolute atomic E-state index is 5.89. The molecule has 0 aromatic rings. The number of rotatable bonds is 14. The largest absolute Gasteiger partial charge is 0.365 e. The van der Waals surface area contributed by atoms with Crippen molar-refractivity contribution in [1.82, 2.24) is 5.32 Å². The van der Waals surface area contributed by atoms with Gasteiger partial charge in [0.25, 0.3) is 0 Å². The molecule has 0 fully saturated rings. The van der Waals surface area contributed by atoms with Crippen LogP contribution in [0.3, 0.4) is 0 Å². The average molecular weight is 330 g/mol. The summed E-state index contributed by atoms with van der Waals surface area (Å²) in [7, 11) is 0. The molecule has 4 heteroatoms. The lowest BCUT2D eigenvalue weighted by Gasteiger charge is -2.11. The summed E-state index contributed by atoms with van der Waals surface area (Å²) in [5, 5.41) is 4.63. The highest BCUT2D eigenvalue weighted by Gasteiger charge is 2.03. The Kier molecular flexibility index (Phi) is 17.0. The molecule has 0 spiro atoms. The lowest BCUT2D eigenvalue weighted by molar-refractivity contribution is 0.602. The molecule has 22 heavy (non-hydrogen) atoms. The van der Waals surface area contributed by atoms with Crippen molar-refractivity contribution in [2.45, 2.75) is 96.8 Å². The van der Waals surface area contributed by atoms with Crippen LogP contribution in [-0.2, 0) is 0 Å². The Morgan fingerprint density at radius 3 is 2.05 bits per heavy atom. The molecule has 0 aliphatic heterocycles. The van der Waals surface area contributed by atoms with Gasteiger partial charge in [-0.3, -0.25) is 4.99 Å². The molecule has 0 bridgehead atoms. The normalized spacial score (nSPS) is 13.4. The van der Waals surface area contributed by atoms with Crippen LogP contribution in [0.1, 0.15) is 91.4 Å². The van der Waals surface area contributed by atoms with E-state index in [1.807, 2.05) is 6.92 Å². The first-order valence-electron chi connectivity index (χ1n) is 9.41. The zero-order chi connectivity index (χ0) is 16.5. The molecule has 0 rings (SSSR count). The third kappa shape index (κ3) is 16.2. The SMILES string of the molecule is CCCCCCCCNC(=NCCCCCCC)SC(C)N. The second-order valence-corrected chi connectivity index (χ2v) is 7.48. The van der Waals surface area contributed by atoms with Crippen LogP contribution in [-0.4, -0.2) is 23.6 Å². The van der Waals surface area contributed by atoms with Gasteiger partial charge in [-0.2, -0.15) is 0 Å². The van der Waals surface area contributed by atoms with E-state index in [-0.39, 0.29) is 5.37 Å². The monoisotopic (exact) mass is 329 g/mol. The minimum Gasteiger partial charge on any atom is -0.365 e. The lowest BCUT2D eigenvalue weighted by Crippen LogP contribution is -2.26. The predicted molar refractivity (Wildman–Crippen MR) is 104 cm³/mol. The summed E-state index contributed by atoms with van der Waals surface area (Å²) in [6, 6.07) is 0. The van der Waals surface area contributed by atoms with Gasteiger partial charge in [-0.1, -0.05) is 83.4 Å².